The van der Waals surface area contributed by atoms with Crippen LogP contribution in [0.3, 0.4) is 0 Å². The fourth-order valence-corrected chi connectivity index (χ4v) is 1.53. The molecule has 6 heteroatoms. The van der Waals surface area contributed by atoms with E-state index < -0.39 is 5.63 Å². The standard InChI is InChI=1S/C11H13BrO5/c1-7(15-3)9-6-8(12)10(11(13)17-9)16-5-4-14-2/h6H,1,4-5H2,2-3H3. The number of methoxy groups -OCH3 is 2. The minimum absolute atomic E-state index is 0.106. The third-order valence-electron chi connectivity index (χ3n) is 1.92. The number of rotatable bonds is 6. The van der Waals surface area contributed by atoms with Crippen LogP contribution >= 0.6 is 15.9 Å². The molecule has 1 aromatic rings. The molecule has 0 aliphatic heterocycles. The van der Waals surface area contributed by atoms with Gasteiger partial charge in [-0.15, -0.1) is 0 Å². The molecule has 1 aromatic heterocycles. The summed E-state index contributed by atoms with van der Waals surface area (Å²) in [6.45, 7) is 4.25. The van der Waals surface area contributed by atoms with Crippen LogP contribution in [0.25, 0.3) is 5.76 Å². The Kier molecular flexibility index (Phi) is 5.24. The minimum Gasteiger partial charge on any atom is -0.493 e. The summed E-state index contributed by atoms with van der Waals surface area (Å²) in [6.07, 6.45) is 0. The van der Waals surface area contributed by atoms with Crippen molar-refractivity contribution in [1.82, 2.24) is 0 Å². The lowest BCUT2D eigenvalue weighted by Crippen LogP contribution is -2.12. The average Bonchev–Trinajstić information content (AvgIpc) is 2.31. The second kappa shape index (κ2) is 6.46. The maximum Gasteiger partial charge on any atom is 0.380 e. The maximum absolute atomic E-state index is 11.6. The monoisotopic (exact) mass is 304 g/mol. The lowest BCUT2D eigenvalue weighted by molar-refractivity contribution is 0.143. The zero-order valence-electron chi connectivity index (χ0n) is 9.62. The molecule has 0 amide bonds. The molecule has 0 N–H and O–H groups in total. The summed E-state index contributed by atoms with van der Waals surface area (Å²) in [7, 11) is 2.99. The summed E-state index contributed by atoms with van der Waals surface area (Å²) < 4.78 is 20.4. The van der Waals surface area contributed by atoms with Crippen LogP contribution in [-0.2, 0) is 9.47 Å². The van der Waals surface area contributed by atoms with Gasteiger partial charge >= 0.3 is 5.63 Å². The molecule has 0 radical (unpaired) electrons. The van der Waals surface area contributed by atoms with Gasteiger partial charge in [-0.05, 0) is 15.9 Å². The summed E-state index contributed by atoms with van der Waals surface area (Å²) in [5.74, 6) is 0.629. The second-order valence-electron chi connectivity index (χ2n) is 3.04. The van der Waals surface area contributed by atoms with E-state index in [0.29, 0.717) is 11.1 Å². The van der Waals surface area contributed by atoms with Crippen molar-refractivity contribution < 1.29 is 18.6 Å². The van der Waals surface area contributed by atoms with E-state index in [1.165, 1.54) is 7.11 Å². The normalized spacial score (nSPS) is 10.1. The van der Waals surface area contributed by atoms with Gasteiger partial charge in [-0.2, -0.15) is 0 Å². The predicted molar refractivity (Wildman–Crippen MR) is 66.1 cm³/mol. The molecule has 0 aliphatic rings. The van der Waals surface area contributed by atoms with E-state index in [2.05, 4.69) is 22.5 Å². The highest BCUT2D eigenvalue weighted by Gasteiger charge is 2.13. The van der Waals surface area contributed by atoms with Gasteiger partial charge < -0.3 is 18.6 Å². The fraction of sp³-hybridized carbons (Fsp3) is 0.364. The van der Waals surface area contributed by atoms with Crippen LogP contribution in [0.5, 0.6) is 5.75 Å². The van der Waals surface area contributed by atoms with Crippen LogP contribution in [0.4, 0.5) is 0 Å². The second-order valence-corrected chi connectivity index (χ2v) is 3.90. The first-order valence-electron chi connectivity index (χ1n) is 4.78. The molecular formula is C11H13BrO5. The van der Waals surface area contributed by atoms with Crippen molar-refractivity contribution in [2.45, 2.75) is 0 Å². The van der Waals surface area contributed by atoms with Crippen LogP contribution in [0, 0.1) is 0 Å². The van der Waals surface area contributed by atoms with Gasteiger partial charge in [0.2, 0.25) is 5.75 Å². The molecule has 1 heterocycles. The summed E-state index contributed by atoms with van der Waals surface area (Å²) in [6, 6.07) is 1.56. The molecular weight excluding hydrogens is 292 g/mol. The van der Waals surface area contributed by atoms with Gasteiger partial charge in [0.1, 0.15) is 6.61 Å². The molecule has 0 saturated heterocycles. The van der Waals surface area contributed by atoms with E-state index in [0.717, 1.165) is 0 Å². The smallest absolute Gasteiger partial charge is 0.380 e. The van der Waals surface area contributed by atoms with Crippen molar-refractivity contribution in [2.75, 3.05) is 27.4 Å². The average molecular weight is 305 g/mol. The van der Waals surface area contributed by atoms with Crippen LogP contribution in [0.2, 0.25) is 0 Å². The quantitative estimate of drug-likeness (QED) is 0.594. The van der Waals surface area contributed by atoms with Crippen molar-refractivity contribution in [3.63, 3.8) is 0 Å². The Morgan fingerprint density at radius 2 is 2.18 bits per heavy atom. The van der Waals surface area contributed by atoms with Crippen molar-refractivity contribution in [3.8, 4) is 5.75 Å². The molecule has 0 aliphatic carbocycles. The van der Waals surface area contributed by atoms with Crippen LogP contribution in [0.15, 0.2) is 26.3 Å². The van der Waals surface area contributed by atoms with E-state index in [1.807, 2.05) is 0 Å². The molecule has 0 atom stereocenters. The van der Waals surface area contributed by atoms with E-state index in [4.69, 9.17) is 18.6 Å². The molecule has 0 spiro atoms. The van der Waals surface area contributed by atoms with E-state index in [-0.39, 0.29) is 23.9 Å². The third-order valence-corrected chi connectivity index (χ3v) is 2.51. The van der Waals surface area contributed by atoms with Crippen molar-refractivity contribution >= 4 is 21.7 Å². The largest absolute Gasteiger partial charge is 0.493 e. The zero-order chi connectivity index (χ0) is 12.8. The van der Waals surface area contributed by atoms with Gasteiger partial charge in [0.05, 0.1) is 18.2 Å². The molecule has 0 aromatic carbocycles. The molecule has 0 unspecified atom stereocenters. The Balaban J connectivity index is 2.94. The maximum atomic E-state index is 11.6. The Hall–Kier alpha value is -1.27. The summed E-state index contributed by atoms with van der Waals surface area (Å²) in [4.78, 5) is 11.6. The topological polar surface area (TPSA) is 57.9 Å². The van der Waals surface area contributed by atoms with Crippen LogP contribution < -0.4 is 10.4 Å². The predicted octanol–water partition coefficient (Wildman–Crippen LogP) is 2.04. The highest BCUT2D eigenvalue weighted by Crippen LogP contribution is 2.24. The summed E-state index contributed by atoms with van der Waals surface area (Å²) >= 11 is 3.23. The lowest BCUT2D eigenvalue weighted by atomic mass is 10.3. The highest BCUT2D eigenvalue weighted by atomic mass is 79.9. The Labute approximate surface area is 107 Å². The summed E-state index contributed by atoms with van der Waals surface area (Å²) in [5, 5.41) is 0. The van der Waals surface area contributed by atoms with Crippen molar-refractivity contribution in [2.24, 2.45) is 0 Å². The highest BCUT2D eigenvalue weighted by molar-refractivity contribution is 9.10. The molecule has 17 heavy (non-hydrogen) atoms. The van der Waals surface area contributed by atoms with Crippen LogP contribution in [0.1, 0.15) is 5.76 Å². The first-order valence-corrected chi connectivity index (χ1v) is 5.58. The molecule has 0 saturated carbocycles. The number of hydrogen-bond donors (Lipinski definition) is 0. The fourth-order valence-electron chi connectivity index (χ4n) is 1.05. The SMILES string of the molecule is C=C(OC)c1cc(Br)c(OCCOC)c(=O)o1. The van der Waals surface area contributed by atoms with Gasteiger partial charge in [-0.3, -0.25) is 0 Å². The minimum atomic E-state index is -0.594. The van der Waals surface area contributed by atoms with Gasteiger partial charge in [0.25, 0.3) is 0 Å². The number of halogens is 1. The number of hydrogen-bond acceptors (Lipinski definition) is 5. The van der Waals surface area contributed by atoms with Gasteiger partial charge in [-0.1, -0.05) is 6.58 Å². The number of ether oxygens (including phenoxy) is 3. The van der Waals surface area contributed by atoms with E-state index >= 15 is 0 Å². The Bertz CT molecular complexity index is 452. The lowest BCUT2D eigenvalue weighted by Gasteiger charge is -2.08. The van der Waals surface area contributed by atoms with Crippen molar-refractivity contribution in [3.05, 3.63) is 33.3 Å². The van der Waals surface area contributed by atoms with E-state index in [1.54, 1.807) is 13.2 Å². The molecule has 5 nitrogen and oxygen atoms in total. The first kappa shape index (κ1) is 13.8. The van der Waals surface area contributed by atoms with Gasteiger partial charge in [0, 0.05) is 13.2 Å². The van der Waals surface area contributed by atoms with Crippen LogP contribution in [-0.4, -0.2) is 27.4 Å². The Morgan fingerprint density at radius 1 is 1.47 bits per heavy atom. The summed E-state index contributed by atoms with van der Waals surface area (Å²) in [5.41, 5.74) is -0.594. The third kappa shape index (κ3) is 3.61. The molecule has 0 fully saturated rings. The molecule has 94 valence electrons. The molecule has 0 bridgehead atoms. The van der Waals surface area contributed by atoms with Gasteiger partial charge in [0.15, 0.2) is 11.5 Å². The van der Waals surface area contributed by atoms with Crippen molar-refractivity contribution in [1.29, 1.82) is 0 Å². The van der Waals surface area contributed by atoms with Gasteiger partial charge in [-0.25, -0.2) is 4.79 Å². The Morgan fingerprint density at radius 3 is 2.71 bits per heavy atom. The zero-order valence-corrected chi connectivity index (χ0v) is 11.2. The van der Waals surface area contributed by atoms with E-state index in [9.17, 15) is 4.79 Å². The first-order chi connectivity index (χ1) is 8.10. The molecule has 1 rings (SSSR count).